The molecule has 3 bridgehead atoms. The van der Waals surface area contributed by atoms with Gasteiger partial charge in [-0.2, -0.15) is 0 Å². The minimum atomic E-state index is -3.77. The van der Waals surface area contributed by atoms with Gasteiger partial charge in [-0.3, -0.25) is 4.79 Å². The van der Waals surface area contributed by atoms with Crippen LogP contribution < -0.4 is 15.4 Å². The van der Waals surface area contributed by atoms with Crippen LogP contribution >= 0.6 is 0 Å². The van der Waals surface area contributed by atoms with Gasteiger partial charge in [-0.1, -0.05) is 18.9 Å². The molecule has 2 amide bonds. The Morgan fingerprint density at radius 3 is 2.73 bits per heavy atom. The first-order chi connectivity index (χ1) is 14.2. The first kappa shape index (κ1) is 21.1. The van der Waals surface area contributed by atoms with E-state index >= 15 is 0 Å². The number of rotatable bonds is 8. The molecule has 1 unspecified atom stereocenters. The van der Waals surface area contributed by atoms with E-state index in [-0.39, 0.29) is 35.9 Å². The lowest BCUT2D eigenvalue weighted by atomic mass is 9.43. The van der Waals surface area contributed by atoms with Crippen molar-refractivity contribution in [1.82, 2.24) is 10.0 Å². The summed E-state index contributed by atoms with van der Waals surface area (Å²) in [6, 6.07) is 5.78. The smallest absolute Gasteiger partial charge is 0.319 e. The summed E-state index contributed by atoms with van der Waals surface area (Å²) >= 11 is 0. The Labute approximate surface area is 176 Å². The highest BCUT2D eigenvalue weighted by atomic mass is 32.2. The first-order valence-corrected chi connectivity index (χ1v) is 12.1. The summed E-state index contributed by atoms with van der Waals surface area (Å²) in [5.74, 6) is -0.257. The molecule has 30 heavy (non-hydrogen) atoms. The van der Waals surface area contributed by atoms with Crippen LogP contribution in [-0.4, -0.2) is 37.6 Å². The number of carboxylic acid groups (broad SMARTS) is 1. The molecule has 5 rings (SSSR count). The molecule has 9 heteroatoms. The molecule has 8 nitrogen and oxygen atoms in total. The van der Waals surface area contributed by atoms with Crippen LogP contribution in [0.15, 0.2) is 29.2 Å². The van der Waals surface area contributed by atoms with Crippen molar-refractivity contribution in [3.05, 3.63) is 24.3 Å². The van der Waals surface area contributed by atoms with E-state index in [0.717, 1.165) is 19.3 Å². The molecule has 0 aliphatic heterocycles. The van der Waals surface area contributed by atoms with Gasteiger partial charge in [-0.25, -0.2) is 17.9 Å². The Bertz CT molecular complexity index is 934. The van der Waals surface area contributed by atoms with Crippen LogP contribution in [0.5, 0.6) is 0 Å². The molecule has 1 atom stereocenters. The molecule has 0 heterocycles. The van der Waals surface area contributed by atoms with Crippen LogP contribution in [0, 0.1) is 11.3 Å². The average Bonchev–Trinajstić information content (AvgIpc) is 2.64. The van der Waals surface area contributed by atoms with Gasteiger partial charge in [0.15, 0.2) is 0 Å². The van der Waals surface area contributed by atoms with E-state index in [9.17, 15) is 18.0 Å². The topological polar surface area (TPSA) is 125 Å². The SMILES string of the molecule is O=C(O)CCCNS(=O)(=O)c1cccc(NC(=O)NC23CC4CCCC(C4)(C2)C3)c1. The van der Waals surface area contributed by atoms with Gasteiger partial charge in [-0.05, 0) is 68.1 Å². The second-order valence-corrected chi connectivity index (χ2v) is 11.1. The van der Waals surface area contributed by atoms with E-state index in [1.807, 2.05) is 0 Å². The number of hydrogen-bond donors (Lipinski definition) is 4. The monoisotopic (exact) mass is 435 g/mol. The van der Waals surface area contributed by atoms with E-state index in [0.29, 0.717) is 17.0 Å². The predicted molar refractivity (Wildman–Crippen MR) is 112 cm³/mol. The number of carboxylic acids is 1. The van der Waals surface area contributed by atoms with Gasteiger partial charge in [0.1, 0.15) is 0 Å². The molecule has 4 aliphatic carbocycles. The molecule has 0 aromatic heterocycles. The highest BCUT2D eigenvalue weighted by molar-refractivity contribution is 7.89. The van der Waals surface area contributed by atoms with Crippen LogP contribution in [0.3, 0.4) is 0 Å². The zero-order valence-corrected chi connectivity index (χ0v) is 17.8. The lowest BCUT2D eigenvalue weighted by Gasteiger charge is -2.65. The Kier molecular flexibility index (Phi) is 5.52. The highest BCUT2D eigenvalue weighted by Gasteiger charge is 2.61. The summed E-state index contributed by atoms with van der Waals surface area (Å²) < 4.78 is 27.2. The van der Waals surface area contributed by atoms with Crippen LogP contribution in [0.1, 0.15) is 57.8 Å². The maximum Gasteiger partial charge on any atom is 0.319 e. The van der Waals surface area contributed by atoms with Gasteiger partial charge in [0.2, 0.25) is 10.0 Å². The Balaban J connectivity index is 1.34. The van der Waals surface area contributed by atoms with Crippen molar-refractivity contribution in [2.45, 2.75) is 68.2 Å². The summed E-state index contributed by atoms with van der Waals surface area (Å²) in [6.07, 6.45) is 8.39. The maximum atomic E-state index is 12.6. The Morgan fingerprint density at radius 2 is 2.00 bits per heavy atom. The fourth-order valence-electron chi connectivity index (χ4n) is 5.97. The molecule has 164 valence electrons. The van der Waals surface area contributed by atoms with Crippen LogP contribution in [0.25, 0.3) is 0 Å². The van der Waals surface area contributed by atoms with Gasteiger partial charge in [0, 0.05) is 24.2 Å². The van der Waals surface area contributed by atoms with Crippen LogP contribution in [-0.2, 0) is 14.8 Å². The fourth-order valence-corrected chi connectivity index (χ4v) is 7.09. The number of benzene rings is 1. The molecule has 1 spiro atoms. The molecule has 4 saturated carbocycles. The van der Waals surface area contributed by atoms with Crippen molar-refractivity contribution in [2.24, 2.45) is 11.3 Å². The number of nitrogens with one attached hydrogen (secondary N) is 3. The van der Waals surface area contributed by atoms with E-state index in [1.165, 1.54) is 37.8 Å². The number of carbonyl (C=O) groups excluding carboxylic acids is 1. The summed E-state index contributed by atoms with van der Waals surface area (Å²) in [4.78, 5) is 23.2. The van der Waals surface area contributed by atoms with Crippen molar-refractivity contribution in [1.29, 1.82) is 0 Å². The summed E-state index contributed by atoms with van der Waals surface area (Å²) in [5.41, 5.74) is 0.736. The molecule has 0 radical (unpaired) electrons. The molecule has 1 aromatic rings. The number of hydrogen-bond acceptors (Lipinski definition) is 4. The lowest BCUT2D eigenvalue weighted by Crippen LogP contribution is -2.67. The van der Waals surface area contributed by atoms with E-state index in [4.69, 9.17) is 5.11 Å². The minimum absolute atomic E-state index is 0.0311. The third-order valence-electron chi connectivity index (χ3n) is 6.79. The molecule has 4 aliphatic rings. The molecule has 0 saturated heterocycles. The Morgan fingerprint density at radius 1 is 1.20 bits per heavy atom. The van der Waals surface area contributed by atoms with E-state index < -0.39 is 16.0 Å². The van der Waals surface area contributed by atoms with Crippen LogP contribution in [0.4, 0.5) is 10.5 Å². The maximum absolute atomic E-state index is 12.6. The number of anilines is 1. The number of amides is 2. The van der Waals surface area contributed by atoms with Gasteiger partial charge in [-0.15, -0.1) is 0 Å². The van der Waals surface area contributed by atoms with Crippen molar-refractivity contribution in [3.63, 3.8) is 0 Å². The summed E-state index contributed by atoms with van der Waals surface area (Å²) in [5, 5.41) is 14.6. The third kappa shape index (κ3) is 4.46. The van der Waals surface area contributed by atoms with Gasteiger partial charge in [0.25, 0.3) is 0 Å². The van der Waals surface area contributed by atoms with Crippen molar-refractivity contribution in [2.75, 3.05) is 11.9 Å². The molecular formula is C21H29N3O5S. The average molecular weight is 436 g/mol. The predicted octanol–water partition coefficient (Wildman–Crippen LogP) is 3.06. The molecular weight excluding hydrogens is 406 g/mol. The number of sulfonamides is 1. The highest BCUT2D eigenvalue weighted by Crippen LogP contribution is 2.65. The second-order valence-electron chi connectivity index (χ2n) is 9.30. The number of carbonyl (C=O) groups is 2. The molecule has 4 fully saturated rings. The third-order valence-corrected chi connectivity index (χ3v) is 8.25. The quantitative estimate of drug-likeness (QED) is 0.467. The second kappa shape index (κ2) is 7.85. The molecule has 4 N–H and O–H groups in total. The zero-order valence-electron chi connectivity index (χ0n) is 16.9. The lowest BCUT2D eigenvalue weighted by molar-refractivity contribution is -0.137. The molecule has 1 aromatic carbocycles. The van der Waals surface area contributed by atoms with E-state index in [1.54, 1.807) is 12.1 Å². The van der Waals surface area contributed by atoms with Gasteiger partial charge in [0.05, 0.1) is 4.90 Å². The van der Waals surface area contributed by atoms with Gasteiger partial charge < -0.3 is 15.7 Å². The van der Waals surface area contributed by atoms with Crippen molar-refractivity contribution < 1.29 is 23.1 Å². The minimum Gasteiger partial charge on any atom is -0.481 e. The van der Waals surface area contributed by atoms with Crippen molar-refractivity contribution in [3.8, 4) is 0 Å². The van der Waals surface area contributed by atoms with Crippen molar-refractivity contribution >= 4 is 27.7 Å². The van der Waals surface area contributed by atoms with Crippen LogP contribution in [0.2, 0.25) is 0 Å². The summed E-state index contributed by atoms with van der Waals surface area (Å²) in [6.45, 7) is 0.0399. The fraction of sp³-hybridized carbons (Fsp3) is 0.619. The first-order valence-electron chi connectivity index (χ1n) is 10.6. The normalized spacial score (nSPS) is 29.5. The zero-order chi connectivity index (χ0) is 21.4. The number of urea groups is 1. The largest absolute Gasteiger partial charge is 0.481 e. The standard InChI is InChI=1S/C21H29N3O5S/c25-18(26)7-3-9-22-30(28,29)17-6-1-5-16(10-17)23-19(27)24-21-12-15-4-2-8-20(11-15,13-21)14-21/h1,5-6,10,15,22H,2-4,7-9,11-14H2,(H,25,26)(H2,23,24,27). The van der Waals surface area contributed by atoms with Gasteiger partial charge >= 0.3 is 12.0 Å². The Hall–Kier alpha value is -2.13. The summed E-state index contributed by atoms with van der Waals surface area (Å²) in [7, 11) is -3.77. The van der Waals surface area contributed by atoms with E-state index in [2.05, 4.69) is 15.4 Å². The number of aliphatic carboxylic acids is 1.